The van der Waals surface area contributed by atoms with E-state index in [9.17, 15) is 0 Å². The molecule has 17 heavy (non-hydrogen) atoms. The van der Waals surface area contributed by atoms with Gasteiger partial charge >= 0.3 is 0 Å². The maximum atomic E-state index is 6.41. The fourth-order valence-corrected chi connectivity index (χ4v) is 2.31. The lowest BCUT2D eigenvalue weighted by Crippen LogP contribution is -1.94. The molecule has 0 saturated heterocycles. The van der Waals surface area contributed by atoms with Crippen molar-refractivity contribution in [3.8, 4) is 0 Å². The van der Waals surface area contributed by atoms with E-state index in [2.05, 4.69) is 31.2 Å². The number of furan rings is 1. The highest BCUT2D eigenvalue weighted by Gasteiger charge is 2.16. The normalized spacial score (nSPS) is 12.6. The van der Waals surface area contributed by atoms with Crippen molar-refractivity contribution >= 4 is 11.6 Å². The van der Waals surface area contributed by atoms with Gasteiger partial charge in [-0.05, 0) is 36.1 Å². The van der Waals surface area contributed by atoms with E-state index in [4.69, 9.17) is 16.0 Å². The van der Waals surface area contributed by atoms with Crippen LogP contribution in [-0.2, 0) is 6.42 Å². The Balaban J connectivity index is 2.20. The summed E-state index contributed by atoms with van der Waals surface area (Å²) in [7, 11) is 0. The maximum absolute atomic E-state index is 6.41. The molecule has 1 nitrogen and oxygen atoms in total. The highest BCUT2D eigenvalue weighted by Crippen LogP contribution is 2.31. The molecule has 2 heteroatoms. The average Bonchev–Trinajstić information content (AvgIpc) is 2.76. The van der Waals surface area contributed by atoms with E-state index in [-0.39, 0.29) is 5.38 Å². The molecule has 0 bridgehead atoms. The molecule has 2 aromatic rings. The highest BCUT2D eigenvalue weighted by molar-refractivity contribution is 6.22. The Morgan fingerprint density at radius 1 is 1.18 bits per heavy atom. The molecule has 0 N–H and O–H groups in total. The molecule has 1 aromatic carbocycles. The number of alkyl halides is 1. The molecule has 0 aliphatic carbocycles. The smallest absolute Gasteiger partial charge is 0.128 e. The van der Waals surface area contributed by atoms with Crippen LogP contribution < -0.4 is 0 Å². The van der Waals surface area contributed by atoms with Gasteiger partial charge in [0.05, 0.1) is 6.26 Å². The molecule has 0 spiro atoms. The number of rotatable bonds is 4. The number of hydrogen-bond donors (Lipinski definition) is 0. The minimum atomic E-state index is -0.194. The number of halogens is 1. The Hall–Kier alpha value is -1.21. The zero-order valence-electron chi connectivity index (χ0n) is 10.2. The zero-order chi connectivity index (χ0) is 12.3. The Kier molecular flexibility index (Phi) is 3.90. The van der Waals surface area contributed by atoms with E-state index in [1.54, 1.807) is 6.26 Å². The van der Waals surface area contributed by atoms with Gasteiger partial charge in [-0.25, -0.2) is 0 Å². The summed E-state index contributed by atoms with van der Waals surface area (Å²) in [5.74, 6) is 0.843. The molecular weight excluding hydrogens is 232 g/mol. The molecule has 1 aromatic heterocycles. The second-order valence-corrected chi connectivity index (χ2v) is 4.76. The van der Waals surface area contributed by atoms with Crippen LogP contribution in [0.4, 0.5) is 0 Å². The van der Waals surface area contributed by atoms with E-state index in [1.807, 2.05) is 13.0 Å². The molecular formula is C15H17ClO. The van der Waals surface area contributed by atoms with Gasteiger partial charge in [0.25, 0.3) is 0 Å². The van der Waals surface area contributed by atoms with Gasteiger partial charge in [-0.15, -0.1) is 11.6 Å². The fourth-order valence-electron chi connectivity index (χ4n) is 1.94. The predicted octanol–water partition coefficient (Wildman–Crippen LogP) is 4.87. The highest BCUT2D eigenvalue weighted by atomic mass is 35.5. The van der Waals surface area contributed by atoms with E-state index in [1.165, 1.54) is 12.0 Å². The monoisotopic (exact) mass is 248 g/mol. The summed E-state index contributed by atoms with van der Waals surface area (Å²) >= 11 is 6.41. The molecule has 0 fully saturated rings. The van der Waals surface area contributed by atoms with Gasteiger partial charge in [0.2, 0.25) is 0 Å². The number of hydrogen-bond acceptors (Lipinski definition) is 1. The molecule has 1 atom stereocenters. The first kappa shape index (κ1) is 12.3. The standard InChI is InChI=1S/C15H17ClO/c1-3-4-12-5-7-13(8-6-12)14(16)15-11(2)9-10-17-15/h5-10,14H,3-4H2,1-2H3. The van der Waals surface area contributed by atoms with Crippen LogP contribution in [-0.4, -0.2) is 0 Å². The second kappa shape index (κ2) is 5.42. The molecule has 0 aliphatic heterocycles. The van der Waals surface area contributed by atoms with Crippen LogP contribution >= 0.6 is 11.6 Å². The fraction of sp³-hybridized carbons (Fsp3) is 0.333. The van der Waals surface area contributed by atoms with Gasteiger partial charge in [0.1, 0.15) is 11.1 Å². The van der Waals surface area contributed by atoms with Gasteiger partial charge in [-0.2, -0.15) is 0 Å². The van der Waals surface area contributed by atoms with Crippen molar-refractivity contribution < 1.29 is 4.42 Å². The zero-order valence-corrected chi connectivity index (χ0v) is 11.0. The van der Waals surface area contributed by atoms with Crippen LogP contribution in [0.15, 0.2) is 41.0 Å². The largest absolute Gasteiger partial charge is 0.467 e. The van der Waals surface area contributed by atoms with Crippen molar-refractivity contribution in [3.63, 3.8) is 0 Å². The van der Waals surface area contributed by atoms with Crippen LogP contribution in [0.1, 0.15) is 41.2 Å². The molecule has 0 aliphatic rings. The molecule has 0 radical (unpaired) electrons. The second-order valence-electron chi connectivity index (χ2n) is 4.32. The van der Waals surface area contributed by atoms with Crippen LogP contribution in [0.25, 0.3) is 0 Å². The van der Waals surface area contributed by atoms with Crippen molar-refractivity contribution in [2.24, 2.45) is 0 Å². The van der Waals surface area contributed by atoms with E-state index < -0.39 is 0 Å². The van der Waals surface area contributed by atoms with Gasteiger partial charge in [-0.1, -0.05) is 37.6 Å². The summed E-state index contributed by atoms with van der Waals surface area (Å²) in [6.45, 7) is 4.20. The van der Waals surface area contributed by atoms with E-state index in [0.29, 0.717) is 0 Å². The van der Waals surface area contributed by atoms with Crippen LogP contribution in [0.5, 0.6) is 0 Å². The molecule has 90 valence electrons. The number of aryl methyl sites for hydroxylation is 2. The maximum Gasteiger partial charge on any atom is 0.128 e. The summed E-state index contributed by atoms with van der Waals surface area (Å²) in [6, 6.07) is 10.4. The van der Waals surface area contributed by atoms with E-state index >= 15 is 0 Å². The lowest BCUT2D eigenvalue weighted by atomic mass is 10.0. The summed E-state index contributed by atoms with van der Waals surface area (Å²) < 4.78 is 5.43. The third-order valence-electron chi connectivity index (χ3n) is 2.94. The Morgan fingerprint density at radius 3 is 2.41 bits per heavy atom. The molecule has 0 amide bonds. The van der Waals surface area contributed by atoms with Gasteiger partial charge in [-0.3, -0.25) is 0 Å². The van der Waals surface area contributed by atoms with Gasteiger partial charge in [0, 0.05) is 0 Å². The molecule has 1 unspecified atom stereocenters. The number of benzene rings is 1. The molecule has 1 heterocycles. The van der Waals surface area contributed by atoms with Crippen molar-refractivity contribution in [1.82, 2.24) is 0 Å². The van der Waals surface area contributed by atoms with Crippen LogP contribution in [0, 0.1) is 6.92 Å². The quantitative estimate of drug-likeness (QED) is 0.704. The van der Waals surface area contributed by atoms with Gasteiger partial charge < -0.3 is 4.42 Å². The Bertz CT molecular complexity index is 470. The van der Waals surface area contributed by atoms with Crippen LogP contribution in [0.3, 0.4) is 0 Å². The third-order valence-corrected chi connectivity index (χ3v) is 3.39. The minimum Gasteiger partial charge on any atom is -0.467 e. The van der Waals surface area contributed by atoms with Crippen molar-refractivity contribution in [1.29, 1.82) is 0 Å². The predicted molar refractivity (Wildman–Crippen MR) is 71.6 cm³/mol. The van der Waals surface area contributed by atoms with Crippen molar-refractivity contribution in [2.75, 3.05) is 0 Å². The lowest BCUT2D eigenvalue weighted by Gasteiger charge is -2.09. The minimum absolute atomic E-state index is 0.194. The summed E-state index contributed by atoms with van der Waals surface area (Å²) in [6.07, 6.45) is 3.97. The van der Waals surface area contributed by atoms with Gasteiger partial charge in [0.15, 0.2) is 0 Å². The first-order chi connectivity index (χ1) is 8.22. The summed E-state index contributed by atoms with van der Waals surface area (Å²) in [4.78, 5) is 0. The SMILES string of the molecule is CCCc1ccc(C(Cl)c2occc2C)cc1. The molecule has 0 saturated carbocycles. The summed E-state index contributed by atoms with van der Waals surface area (Å²) in [5.41, 5.74) is 3.54. The van der Waals surface area contributed by atoms with Crippen LogP contribution in [0.2, 0.25) is 0 Å². The third kappa shape index (κ3) is 2.73. The average molecular weight is 249 g/mol. The molecule has 2 rings (SSSR count). The lowest BCUT2D eigenvalue weighted by molar-refractivity contribution is 0.513. The Labute approximate surface area is 107 Å². The van der Waals surface area contributed by atoms with E-state index in [0.717, 1.165) is 23.3 Å². The Morgan fingerprint density at radius 2 is 1.88 bits per heavy atom. The van der Waals surface area contributed by atoms with Crippen molar-refractivity contribution in [3.05, 3.63) is 59.0 Å². The topological polar surface area (TPSA) is 13.1 Å². The summed E-state index contributed by atoms with van der Waals surface area (Å²) in [5, 5.41) is -0.194. The first-order valence-corrected chi connectivity index (χ1v) is 6.43. The first-order valence-electron chi connectivity index (χ1n) is 5.99. The van der Waals surface area contributed by atoms with Crippen molar-refractivity contribution in [2.45, 2.75) is 32.1 Å².